The zero-order valence-corrected chi connectivity index (χ0v) is 7.34. The number of hydrogen-bond donors (Lipinski definition) is 2. The lowest BCUT2D eigenvalue weighted by Gasteiger charge is -2.11. The lowest BCUT2D eigenvalue weighted by Crippen LogP contribution is -2.35. The van der Waals surface area contributed by atoms with Gasteiger partial charge >= 0.3 is 6.09 Å². The van der Waals surface area contributed by atoms with Gasteiger partial charge in [0.25, 0.3) is 0 Å². The zero-order valence-electron chi connectivity index (χ0n) is 7.34. The van der Waals surface area contributed by atoms with Crippen molar-refractivity contribution in [3.05, 3.63) is 35.4 Å². The summed E-state index contributed by atoms with van der Waals surface area (Å²) in [5.41, 5.74) is 1.28. The summed E-state index contributed by atoms with van der Waals surface area (Å²) in [4.78, 5) is 10.4. The Morgan fingerprint density at radius 1 is 1.50 bits per heavy atom. The largest absolute Gasteiger partial charge is 0.464 e. The third-order valence-electron chi connectivity index (χ3n) is 1.68. The smallest absolute Gasteiger partial charge is 0.421 e. The highest BCUT2D eigenvalue weighted by atomic mass is 16.4. The maximum Gasteiger partial charge on any atom is 0.421 e. The second-order valence-corrected chi connectivity index (χ2v) is 2.72. The standard InChI is InChI=1S/C9H9N3O2/c10-5-7-1-3-8(4-2-7)6-12(11)9(13)14/h1-4H,6,11H2,(H,13,14). The molecule has 0 aliphatic carbocycles. The van der Waals surface area contributed by atoms with Crippen molar-refractivity contribution in [2.24, 2.45) is 5.84 Å². The second-order valence-electron chi connectivity index (χ2n) is 2.72. The van der Waals surface area contributed by atoms with E-state index in [1.165, 1.54) is 0 Å². The first-order chi connectivity index (χ1) is 6.63. The van der Waals surface area contributed by atoms with E-state index in [4.69, 9.17) is 16.2 Å². The van der Waals surface area contributed by atoms with Crippen LogP contribution < -0.4 is 5.84 Å². The van der Waals surface area contributed by atoms with E-state index in [0.717, 1.165) is 5.56 Å². The molecule has 1 aromatic rings. The summed E-state index contributed by atoms with van der Waals surface area (Å²) >= 11 is 0. The molecule has 0 heterocycles. The van der Waals surface area contributed by atoms with Crippen molar-refractivity contribution in [3.8, 4) is 6.07 Å². The second kappa shape index (κ2) is 4.25. The molecule has 0 aliphatic rings. The molecule has 0 aliphatic heterocycles. The molecule has 0 bridgehead atoms. The van der Waals surface area contributed by atoms with Crippen molar-refractivity contribution in [2.45, 2.75) is 6.54 Å². The summed E-state index contributed by atoms with van der Waals surface area (Å²) < 4.78 is 0. The lowest BCUT2D eigenvalue weighted by molar-refractivity contribution is 0.143. The molecule has 1 amide bonds. The molecule has 72 valence electrons. The number of benzene rings is 1. The minimum atomic E-state index is -1.19. The van der Waals surface area contributed by atoms with Gasteiger partial charge in [-0.3, -0.25) is 0 Å². The third kappa shape index (κ3) is 2.47. The lowest BCUT2D eigenvalue weighted by atomic mass is 10.1. The van der Waals surface area contributed by atoms with Crippen LogP contribution in [-0.2, 0) is 6.54 Å². The number of nitriles is 1. The Labute approximate surface area is 80.9 Å². The number of nitrogens with zero attached hydrogens (tertiary/aromatic N) is 2. The maximum atomic E-state index is 10.4. The molecule has 0 saturated heterocycles. The fraction of sp³-hybridized carbons (Fsp3) is 0.111. The highest BCUT2D eigenvalue weighted by Gasteiger charge is 2.06. The fourth-order valence-electron chi connectivity index (χ4n) is 0.949. The van der Waals surface area contributed by atoms with E-state index in [-0.39, 0.29) is 6.54 Å². The number of hydrogen-bond acceptors (Lipinski definition) is 3. The van der Waals surface area contributed by atoms with Gasteiger partial charge in [-0.15, -0.1) is 0 Å². The molecular formula is C9H9N3O2. The van der Waals surface area contributed by atoms with Crippen molar-refractivity contribution >= 4 is 6.09 Å². The molecule has 5 heteroatoms. The molecule has 0 fully saturated rings. The van der Waals surface area contributed by atoms with Crippen molar-refractivity contribution < 1.29 is 9.90 Å². The summed E-state index contributed by atoms with van der Waals surface area (Å²) in [6.07, 6.45) is -1.19. The Hall–Kier alpha value is -2.06. The molecule has 0 radical (unpaired) electrons. The molecule has 0 aromatic heterocycles. The van der Waals surface area contributed by atoms with E-state index in [2.05, 4.69) is 0 Å². The van der Waals surface area contributed by atoms with Gasteiger partial charge in [-0.25, -0.2) is 15.6 Å². The number of amides is 1. The summed E-state index contributed by atoms with van der Waals surface area (Å²) in [6, 6.07) is 8.54. The first-order valence-electron chi connectivity index (χ1n) is 3.87. The van der Waals surface area contributed by atoms with Gasteiger partial charge in [0.1, 0.15) is 0 Å². The molecule has 3 N–H and O–H groups in total. The fourth-order valence-corrected chi connectivity index (χ4v) is 0.949. The average molecular weight is 191 g/mol. The quantitative estimate of drug-likeness (QED) is 0.413. The predicted octanol–water partition coefficient (Wildman–Crippen LogP) is 0.912. The molecular weight excluding hydrogens is 182 g/mol. The van der Waals surface area contributed by atoms with Crippen molar-refractivity contribution in [1.29, 1.82) is 5.26 Å². The van der Waals surface area contributed by atoms with Gasteiger partial charge in [0, 0.05) is 0 Å². The SMILES string of the molecule is N#Cc1ccc(CN(N)C(=O)O)cc1. The first-order valence-corrected chi connectivity index (χ1v) is 3.87. The third-order valence-corrected chi connectivity index (χ3v) is 1.68. The minimum Gasteiger partial charge on any atom is -0.464 e. The summed E-state index contributed by atoms with van der Waals surface area (Å²) in [7, 11) is 0. The Balaban J connectivity index is 2.70. The van der Waals surface area contributed by atoms with Gasteiger partial charge in [0.15, 0.2) is 0 Å². The van der Waals surface area contributed by atoms with Gasteiger partial charge in [-0.2, -0.15) is 5.26 Å². The molecule has 1 aromatic carbocycles. The van der Waals surface area contributed by atoms with E-state index < -0.39 is 6.09 Å². The van der Waals surface area contributed by atoms with E-state index in [9.17, 15) is 4.79 Å². The Morgan fingerprint density at radius 3 is 2.50 bits per heavy atom. The Morgan fingerprint density at radius 2 is 2.07 bits per heavy atom. The summed E-state index contributed by atoms with van der Waals surface area (Å²) in [5.74, 6) is 5.19. The monoisotopic (exact) mass is 191 g/mol. The van der Waals surface area contributed by atoms with Crippen LogP contribution in [0.2, 0.25) is 0 Å². The van der Waals surface area contributed by atoms with Crippen LogP contribution in [0.25, 0.3) is 0 Å². The molecule has 0 spiro atoms. The normalized spacial score (nSPS) is 9.14. The van der Waals surface area contributed by atoms with E-state index >= 15 is 0 Å². The van der Waals surface area contributed by atoms with E-state index in [1.807, 2.05) is 6.07 Å². The number of hydrazine groups is 1. The van der Waals surface area contributed by atoms with Crippen LogP contribution in [0.5, 0.6) is 0 Å². The molecule has 1 rings (SSSR count). The van der Waals surface area contributed by atoms with Gasteiger partial charge in [-0.05, 0) is 17.7 Å². The number of rotatable bonds is 2. The van der Waals surface area contributed by atoms with Crippen LogP contribution >= 0.6 is 0 Å². The van der Waals surface area contributed by atoms with Crippen molar-refractivity contribution in [1.82, 2.24) is 5.01 Å². The Bertz CT molecular complexity index is 367. The summed E-state index contributed by atoms with van der Waals surface area (Å²) in [6.45, 7) is 0.112. The Kier molecular flexibility index (Phi) is 3.05. The van der Waals surface area contributed by atoms with Gasteiger partial charge in [-0.1, -0.05) is 12.1 Å². The van der Waals surface area contributed by atoms with Crippen LogP contribution in [0.4, 0.5) is 4.79 Å². The van der Waals surface area contributed by atoms with Crippen LogP contribution in [-0.4, -0.2) is 16.2 Å². The van der Waals surface area contributed by atoms with Gasteiger partial charge < -0.3 is 5.11 Å². The highest BCUT2D eigenvalue weighted by Crippen LogP contribution is 2.04. The molecule has 0 unspecified atom stereocenters. The van der Waals surface area contributed by atoms with Crippen LogP contribution in [0.1, 0.15) is 11.1 Å². The number of nitrogens with two attached hydrogens (primary N) is 1. The van der Waals surface area contributed by atoms with Crippen LogP contribution in [0.3, 0.4) is 0 Å². The van der Waals surface area contributed by atoms with E-state index in [0.29, 0.717) is 10.6 Å². The van der Waals surface area contributed by atoms with Crippen molar-refractivity contribution in [2.75, 3.05) is 0 Å². The average Bonchev–Trinajstić information content (AvgIpc) is 2.19. The van der Waals surface area contributed by atoms with Crippen molar-refractivity contribution in [3.63, 3.8) is 0 Å². The topological polar surface area (TPSA) is 90.4 Å². The highest BCUT2D eigenvalue weighted by molar-refractivity contribution is 5.64. The molecule has 5 nitrogen and oxygen atoms in total. The zero-order chi connectivity index (χ0) is 10.6. The van der Waals surface area contributed by atoms with Gasteiger partial charge in [0.2, 0.25) is 0 Å². The molecule has 0 atom stereocenters. The van der Waals surface area contributed by atoms with Crippen LogP contribution in [0.15, 0.2) is 24.3 Å². The van der Waals surface area contributed by atoms with E-state index in [1.54, 1.807) is 24.3 Å². The first kappa shape index (κ1) is 10.0. The minimum absolute atomic E-state index is 0.112. The maximum absolute atomic E-state index is 10.4. The molecule has 14 heavy (non-hydrogen) atoms. The number of carbonyl (C=O) groups is 1. The summed E-state index contributed by atoms with van der Waals surface area (Å²) in [5, 5.41) is 17.7. The van der Waals surface area contributed by atoms with Gasteiger partial charge in [0.05, 0.1) is 18.2 Å². The molecule has 0 saturated carbocycles. The number of carboxylic acid groups (broad SMARTS) is 1. The predicted molar refractivity (Wildman–Crippen MR) is 48.9 cm³/mol. The van der Waals surface area contributed by atoms with Crippen LogP contribution in [0, 0.1) is 11.3 Å².